The topological polar surface area (TPSA) is 43.4 Å². The third-order valence-electron chi connectivity index (χ3n) is 5.71. The summed E-state index contributed by atoms with van der Waals surface area (Å²) in [5, 5.41) is 0. The van der Waals surface area contributed by atoms with Gasteiger partial charge in [-0.3, -0.25) is 0 Å². The van der Waals surface area contributed by atoms with E-state index < -0.39 is 9.84 Å². The molecule has 28 heavy (non-hydrogen) atoms. The van der Waals surface area contributed by atoms with E-state index in [1.807, 2.05) is 36.4 Å². The van der Waals surface area contributed by atoms with Crippen molar-refractivity contribution < 1.29 is 13.2 Å². The molecule has 0 amide bonds. The highest BCUT2D eigenvalue weighted by atomic mass is 32.2. The molecule has 150 valence electrons. The van der Waals surface area contributed by atoms with Crippen LogP contribution in [0.2, 0.25) is 0 Å². The van der Waals surface area contributed by atoms with Crippen LogP contribution < -0.4 is 0 Å². The molecule has 4 heteroatoms. The molecule has 2 aromatic rings. The van der Waals surface area contributed by atoms with Gasteiger partial charge in [0, 0.05) is 0 Å². The summed E-state index contributed by atoms with van der Waals surface area (Å²) in [5.41, 5.74) is 0.649. The van der Waals surface area contributed by atoms with E-state index in [1.54, 1.807) is 24.3 Å². The highest BCUT2D eigenvalue weighted by Gasteiger charge is 2.32. The predicted molar refractivity (Wildman–Crippen MR) is 114 cm³/mol. The number of sulfone groups is 1. The van der Waals surface area contributed by atoms with Gasteiger partial charge in [0.1, 0.15) is 17.3 Å². The zero-order valence-corrected chi connectivity index (χ0v) is 17.7. The molecule has 0 aliphatic heterocycles. The van der Waals surface area contributed by atoms with Crippen molar-refractivity contribution in [2.24, 2.45) is 17.8 Å². The van der Waals surface area contributed by atoms with Gasteiger partial charge in [-0.05, 0) is 48.3 Å². The predicted octanol–water partition coefficient (Wildman–Crippen LogP) is 5.94. The average Bonchev–Trinajstić information content (AvgIpc) is 2.69. The van der Waals surface area contributed by atoms with Crippen molar-refractivity contribution in [3.05, 3.63) is 72.5 Å². The Labute approximate surface area is 169 Å². The minimum Gasteiger partial charge on any atom is -0.496 e. The summed E-state index contributed by atoms with van der Waals surface area (Å²) in [6, 6.07) is 17.8. The van der Waals surface area contributed by atoms with Crippen molar-refractivity contribution in [2.75, 3.05) is 0 Å². The van der Waals surface area contributed by atoms with Crippen LogP contribution in [-0.2, 0) is 14.6 Å². The van der Waals surface area contributed by atoms with E-state index in [0.29, 0.717) is 23.3 Å². The molecule has 1 saturated carbocycles. The first-order valence-electron chi connectivity index (χ1n) is 10.1. The Morgan fingerprint density at radius 3 is 2.21 bits per heavy atom. The molecule has 3 nitrogen and oxygen atoms in total. The van der Waals surface area contributed by atoms with Gasteiger partial charge in [-0.1, -0.05) is 75.7 Å². The van der Waals surface area contributed by atoms with Crippen LogP contribution in [0.15, 0.2) is 71.8 Å². The summed E-state index contributed by atoms with van der Waals surface area (Å²) in [6.45, 7) is 6.69. The van der Waals surface area contributed by atoms with Gasteiger partial charge >= 0.3 is 0 Å². The second-order valence-electron chi connectivity index (χ2n) is 8.17. The Bertz CT molecular complexity index is 886. The Kier molecular flexibility index (Phi) is 6.61. The van der Waals surface area contributed by atoms with Crippen molar-refractivity contribution in [2.45, 2.75) is 51.0 Å². The number of ether oxygens (including phenoxy) is 1. The normalized spacial score (nSPS) is 23.6. The van der Waals surface area contributed by atoms with Gasteiger partial charge in [-0.25, -0.2) is 8.42 Å². The van der Waals surface area contributed by atoms with E-state index in [1.165, 1.54) is 12.7 Å². The van der Waals surface area contributed by atoms with Gasteiger partial charge in [0.25, 0.3) is 0 Å². The maximum atomic E-state index is 13.3. The lowest BCUT2D eigenvalue weighted by atomic mass is 9.75. The van der Waals surface area contributed by atoms with Gasteiger partial charge in [0.15, 0.2) is 0 Å². The van der Waals surface area contributed by atoms with Gasteiger partial charge in [0.05, 0.1) is 4.90 Å². The van der Waals surface area contributed by atoms with Crippen LogP contribution >= 0.6 is 0 Å². The first-order valence-corrected chi connectivity index (χ1v) is 11.6. The largest absolute Gasteiger partial charge is 0.496 e. The third-order valence-corrected chi connectivity index (χ3v) is 7.52. The van der Waals surface area contributed by atoms with Crippen LogP contribution in [0.1, 0.15) is 45.6 Å². The van der Waals surface area contributed by atoms with Crippen LogP contribution in [0.25, 0.3) is 4.91 Å². The molecule has 0 N–H and O–H groups in total. The minimum absolute atomic E-state index is 0.0495. The van der Waals surface area contributed by atoms with Crippen molar-refractivity contribution in [1.29, 1.82) is 0 Å². The smallest absolute Gasteiger partial charge is 0.210 e. The van der Waals surface area contributed by atoms with E-state index in [9.17, 15) is 8.42 Å². The number of hydrogen-bond acceptors (Lipinski definition) is 3. The van der Waals surface area contributed by atoms with Gasteiger partial charge in [-0.2, -0.15) is 0 Å². The molecule has 0 spiro atoms. The summed E-state index contributed by atoms with van der Waals surface area (Å²) >= 11 is 0. The van der Waals surface area contributed by atoms with Crippen LogP contribution in [0.3, 0.4) is 0 Å². The zero-order chi connectivity index (χ0) is 20.1. The van der Waals surface area contributed by atoms with Crippen LogP contribution in [-0.4, -0.2) is 14.5 Å². The summed E-state index contributed by atoms with van der Waals surface area (Å²) in [4.78, 5) is 0.506. The summed E-state index contributed by atoms with van der Waals surface area (Å²) < 4.78 is 32.9. The maximum Gasteiger partial charge on any atom is 0.210 e. The van der Waals surface area contributed by atoms with Crippen LogP contribution in [0.5, 0.6) is 0 Å². The van der Waals surface area contributed by atoms with Crippen molar-refractivity contribution in [1.82, 2.24) is 0 Å². The first kappa shape index (κ1) is 20.7. The molecule has 3 atom stereocenters. The fourth-order valence-corrected chi connectivity index (χ4v) is 5.43. The van der Waals surface area contributed by atoms with Crippen molar-refractivity contribution in [3.8, 4) is 0 Å². The molecule has 3 rings (SSSR count). The Balaban J connectivity index is 1.98. The summed E-state index contributed by atoms with van der Waals surface area (Å²) in [6.07, 6.45) is 4.85. The fraction of sp³-hybridized carbons (Fsp3) is 0.417. The SMILES string of the molecule is CC(C)[C@@H]1CC[C@@H](C)C[C@H]1O/C=C(/c1ccccc1)S(=O)(=O)c1ccccc1. The fourth-order valence-electron chi connectivity index (χ4n) is 4.04. The second kappa shape index (κ2) is 8.95. The molecule has 0 heterocycles. The van der Waals surface area contributed by atoms with Crippen LogP contribution in [0.4, 0.5) is 0 Å². The molecule has 0 aromatic heterocycles. The molecular weight excluding hydrogens is 368 g/mol. The number of benzene rings is 2. The Morgan fingerprint density at radius 2 is 1.61 bits per heavy atom. The minimum atomic E-state index is -3.67. The van der Waals surface area contributed by atoms with E-state index in [0.717, 1.165) is 12.8 Å². The maximum absolute atomic E-state index is 13.3. The molecular formula is C24H30O3S. The molecule has 1 fully saturated rings. The van der Waals surface area contributed by atoms with Crippen molar-refractivity contribution in [3.63, 3.8) is 0 Å². The molecule has 0 bridgehead atoms. The standard InChI is InChI=1S/C24H30O3S/c1-18(2)22-15-14-19(3)16-23(22)27-17-24(20-10-6-4-7-11-20)28(25,26)21-12-8-5-9-13-21/h4-13,17-19,22-23H,14-16H2,1-3H3/b24-17-/t19-,22+,23-/m1/s1. The first-order chi connectivity index (χ1) is 13.4. The van der Waals surface area contributed by atoms with E-state index in [2.05, 4.69) is 20.8 Å². The lowest BCUT2D eigenvalue weighted by Gasteiger charge is -2.36. The summed E-state index contributed by atoms with van der Waals surface area (Å²) in [5.74, 6) is 1.56. The van der Waals surface area contributed by atoms with Gasteiger partial charge in [0.2, 0.25) is 9.84 Å². The Morgan fingerprint density at radius 1 is 1.00 bits per heavy atom. The molecule has 1 aliphatic rings. The number of hydrogen-bond donors (Lipinski definition) is 0. The van der Waals surface area contributed by atoms with Crippen LogP contribution in [0, 0.1) is 17.8 Å². The molecule has 2 aromatic carbocycles. The average molecular weight is 399 g/mol. The van der Waals surface area contributed by atoms with E-state index >= 15 is 0 Å². The molecule has 0 saturated heterocycles. The highest BCUT2D eigenvalue weighted by Crippen LogP contribution is 2.36. The molecule has 1 aliphatic carbocycles. The van der Waals surface area contributed by atoms with Gasteiger partial charge in [-0.15, -0.1) is 0 Å². The molecule has 0 unspecified atom stereocenters. The van der Waals surface area contributed by atoms with Gasteiger partial charge < -0.3 is 4.74 Å². The quantitative estimate of drug-likeness (QED) is 0.566. The molecule has 0 radical (unpaired) electrons. The second-order valence-corrected chi connectivity index (χ2v) is 10.1. The van der Waals surface area contributed by atoms with Crippen molar-refractivity contribution >= 4 is 14.7 Å². The zero-order valence-electron chi connectivity index (χ0n) is 16.9. The van der Waals surface area contributed by atoms with E-state index in [-0.39, 0.29) is 15.9 Å². The Hall–Kier alpha value is -2.07. The number of rotatable bonds is 6. The monoisotopic (exact) mass is 398 g/mol. The lowest BCUT2D eigenvalue weighted by molar-refractivity contribution is 0.0144. The highest BCUT2D eigenvalue weighted by molar-refractivity contribution is 8.00. The summed E-state index contributed by atoms with van der Waals surface area (Å²) in [7, 11) is -3.67. The van der Waals surface area contributed by atoms with E-state index in [4.69, 9.17) is 4.74 Å². The third kappa shape index (κ3) is 4.67. The lowest BCUT2D eigenvalue weighted by Crippen LogP contribution is -2.33.